The van der Waals surface area contributed by atoms with Crippen LogP contribution in [-0.2, 0) is 4.79 Å². The van der Waals surface area contributed by atoms with Crippen molar-refractivity contribution >= 4 is 58.0 Å². The number of imide groups is 1. The molecule has 1 fully saturated rings. The molecule has 0 aliphatic carbocycles. The van der Waals surface area contributed by atoms with Crippen molar-refractivity contribution in [2.24, 2.45) is 0 Å². The predicted molar refractivity (Wildman–Crippen MR) is 125 cm³/mol. The van der Waals surface area contributed by atoms with E-state index in [1.54, 1.807) is 30.3 Å². The van der Waals surface area contributed by atoms with E-state index < -0.39 is 11.1 Å². The van der Waals surface area contributed by atoms with Gasteiger partial charge in [-0.05, 0) is 46.7 Å². The molecular formula is C24H15Cl2NO3S. The number of amides is 2. The summed E-state index contributed by atoms with van der Waals surface area (Å²) in [5.41, 5.74) is 3.02. The Morgan fingerprint density at radius 1 is 0.903 bits per heavy atom. The largest absolute Gasteiger partial charge is 0.293 e. The molecule has 1 heterocycles. The minimum Gasteiger partial charge on any atom is -0.292 e. The van der Waals surface area contributed by atoms with Crippen molar-refractivity contribution in [1.29, 1.82) is 0 Å². The average Bonchev–Trinajstić information content (AvgIpc) is 3.03. The van der Waals surface area contributed by atoms with E-state index >= 15 is 0 Å². The Bertz CT molecular complexity index is 1210. The molecule has 0 radical (unpaired) electrons. The van der Waals surface area contributed by atoms with Crippen LogP contribution in [0.2, 0.25) is 10.0 Å². The number of ketones is 1. The van der Waals surface area contributed by atoms with E-state index in [4.69, 9.17) is 23.2 Å². The van der Waals surface area contributed by atoms with Gasteiger partial charge in [-0.25, -0.2) is 0 Å². The summed E-state index contributed by atoms with van der Waals surface area (Å²) in [6, 6.07) is 21.8. The van der Waals surface area contributed by atoms with E-state index in [0.29, 0.717) is 21.2 Å². The number of halogens is 2. The van der Waals surface area contributed by atoms with Crippen LogP contribution in [0.25, 0.3) is 17.2 Å². The van der Waals surface area contributed by atoms with Gasteiger partial charge in [0.2, 0.25) is 0 Å². The van der Waals surface area contributed by atoms with Crippen LogP contribution in [-0.4, -0.2) is 28.4 Å². The number of thioether (sulfide) groups is 1. The van der Waals surface area contributed by atoms with Gasteiger partial charge < -0.3 is 0 Å². The van der Waals surface area contributed by atoms with E-state index in [0.717, 1.165) is 27.8 Å². The van der Waals surface area contributed by atoms with Gasteiger partial charge in [0.15, 0.2) is 5.78 Å². The van der Waals surface area contributed by atoms with Gasteiger partial charge in [-0.2, -0.15) is 0 Å². The summed E-state index contributed by atoms with van der Waals surface area (Å²) in [6.45, 7) is -0.318. The molecule has 0 bridgehead atoms. The van der Waals surface area contributed by atoms with Crippen LogP contribution >= 0.6 is 35.0 Å². The third-order valence-electron chi connectivity index (χ3n) is 4.74. The normalized spacial score (nSPS) is 15.0. The van der Waals surface area contributed by atoms with E-state index in [-0.39, 0.29) is 17.2 Å². The zero-order valence-corrected chi connectivity index (χ0v) is 18.4. The number of rotatable bonds is 5. The van der Waals surface area contributed by atoms with Crippen LogP contribution in [0, 0.1) is 0 Å². The van der Waals surface area contributed by atoms with Gasteiger partial charge in [0, 0.05) is 15.6 Å². The van der Waals surface area contributed by atoms with Crippen molar-refractivity contribution in [1.82, 2.24) is 4.90 Å². The minimum atomic E-state index is -0.518. The van der Waals surface area contributed by atoms with Crippen LogP contribution in [0.4, 0.5) is 4.79 Å². The van der Waals surface area contributed by atoms with Crippen molar-refractivity contribution in [3.63, 3.8) is 0 Å². The fourth-order valence-electron chi connectivity index (χ4n) is 3.11. The SMILES string of the molecule is O=C(CN1C(=O)S/C(=C/c2ccc(Cl)cc2Cl)C1=O)c1ccc(-c2ccccc2)cc1. The molecule has 0 unspecified atom stereocenters. The fraction of sp³-hybridized carbons (Fsp3) is 0.0417. The molecule has 1 aliphatic heterocycles. The van der Waals surface area contributed by atoms with Gasteiger partial charge in [-0.3, -0.25) is 19.3 Å². The monoisotopic (exact) mass is 467 g/mol. The Morgan fingerprint density at radius 3 is 2.26 bits per heavy atom. The highest BCUT2D eigenvalue weighted by atomic mass is 35.5. The average molecular weight is 468 g/mol. The summed E-state index contributed by atoms with van der Waals surface area (Å²) in [5, 5.41) is 0.351. The minimum absolute atomic E-state index is 0.210. The van der Waals surface area contributed by atoms with E-state index in [1.165, 1.54) is 6.08 Å². The molecule has 0 atom stereocenters. The lowest BCUT2D eigenvalue weighted by atomic mass is 10.0. The first-order valence-corrected chi connectivity index (χ1v) is 10.9. The van der Waals surface area contributed by atoms with E-state index in [9.17, 15) is 14.4 Å². The summed E-state index contributed by atoms with van der Waals surface area (Å²) in [6.07, 6.45) is 1.53. The number of hydrogen-bond donors (Lipinski definition) is 0. The number of carbonyl (C=O) groups excluding carboxylic acids is 3. The molecule has 0 spiro atoms. The smallest absolute Gasteiger partial charge is 0.292 e. The maximum Gasteiger partial charge on any atom is 0.293 e. The lowest BCUT2D eigenvalue weighted by molar-refractivity contribution is -0.122. The molecule has 0 saturated carbocycles. The van der Waals surface area contributed by atoms with Crippen molar-refractivity contribution < 1.29 is 14.4 Å². The second-order valence-corrected chi connectivity index (χ2v) is 8.64. The molecule has 31 heavy (non-hydrogen) atoms. The summed E-state index contributed by atoms with van der Waals surface area (Å²) in [5.74, 6) is -0.831. The summed E-state index contributed by atoms with van der Waals surface area (Å²) in [4.78, 5) is 38.9. The third kappa shape index (κ3) is 4.74. The van der Waals surface area contributed by atoms with Crippen LogP contribution < -0.4 is 0 Å². The number of carbonyl (C=O) groups is 3. The molecule has 3 aromatic rings. The first kappa shape index (κ1) is 21.4. The molecule has 4 rings (SSSR count). The second kappa shape index (κ2) is 9.10. The van der Waals surface area contributed by atoms with Crippen molar-refractivity contribution in [3.05, 3.63) is 98.9 Å². The van der Waals surface area contributed by atoms with Gasteiger partial charge in [0.1, 0.15) is 0 Å². The van der Waals surface area contributed by atoms with Gasteiger partial charge in [-0.1, -0.05) is 83.9 Å². The maximum atomic E-state index is 12.7. The summed E-state index contributed by atoms with van der Waals surface area (Å²) in [7, 11) is 0. The zero-order chi connectivity index (χ0) is 22.0. The van der Waals surface area contributed by atoms with Crippen LogP contribution in [0.5, 0.6) is 0 Å². The Morgan fingerprint density at radius 2 is 1.58 bits per heavy atom. The molecule has 1 aliphatic rings. The predicted octanol–water partition coefficient (Wildman–Crippen LogP) is 6.58. The van der Waals surface area contributed by atoms with Crippen LogP contribution in [0.15, 0.2) is 77.7 Å². The Hall–Kier alpha value is -2.86. The second-order valence-electron chi connectivity index (χ2n) is 6.80. The van der Waals surface area contributed by atoms with Gasteiger partial charge in [-0.15, -0.1) is 0 Å². The van der Waals surface area contributed by atoms with Crippen molar-refractivity contribution in [2.75, 3.05) is 6.54 Å². The van der Waals surface area contributed by atoms with Crippen LogP contribution in [0.1, 0.15) is 15.9 Å². The molecule has 154 valence electrons. The number of nitrogens with zero attached hydrogens (tertiary/aromatic N) is 1. The molecule has 0 aromatic heterocycles. The highest BCUT2D eigenvalue weighted by molar-refractivity contribution is 8.18. The molecular weight excluding hydrogens is 453 g/mol. The standard InChI is InChI=1S/C24H15Cl2NO3S/c25-19-11-10-18(20(26)13-19)12-22-23(29)27(24(30)31-22)14-21(28)17-8-6-16(7-9-17)15-4-2-1-3-5-15/h1-13H,14H2/b22-12+. The third-order valence-corrected chi connectivity index (χ3v) is 6.21. The van der Waals surface area contributed by atoms with Crippen molar-refractivity contribution in [2.45, 2.75) is 0 Å². The quantitative estimate of drug-likeness (QED) is 0.314. The molecule has 2 amide bonds. The Labute approximate surface area is 193 Å². The molecule has 7 heteroatoms. The Kier molecular flexibility index (Phi) is 6.28. The molecule has 3 aromatic carbocycles. The number of benzene rings is 3. The van der Waals surface area contributed by atoms with E-state index in [1.807, 2.05) is 42.5 Å². The molecule has 1 saturated heterocycles. The maximum absolute atomic E-state index is 12.7. The molecule has 0 N–H and O–H groups in total. The Balaban J connectivity index is 1.49. The first-order chi connectivity index (χ1) is 14.9. The lowest BCUT2D eigenvalue weighted by Gasteiger charge is -2.11. The lowest BCUT2D eigenvalue weighted by Crippen LogP contribution is -2.33. The summed E-state index contributed by atoms with van der Waals surface area (Å²) >= 11 is 12.8. The number of hydrogen-bond acceptors (Lipinski definition) is 4. The fourth-order valence-corrected chi connectivity index (χ4v) is 4.40. The van der Waals surface area contributed by atoms with Gasteiger partial charge in [0.25, 0.3) is 11.1 Å². The number of Topliss-reactive ketones (excluding diaryl/α,β-unsaturated/α-hetero) is 1. The van der Waals surface area contributed by atoms with Crippen molar-refractivity contribution in [3.8, 4) is 11.1 Å². The first-order valence-electron chi connectivity index (χ1n) is 9.31. The van der Waals surface area contributed by atoms with Gasteiger partial charge >= 0.3 is 0 Å². The highest BCUT2D eigenvalue weighted by Crippen LogP contribution is 2.34. The van der Waals surface area contributed by atoms with E-state index in [2.05, 4.69) is 0 Å². The van der Waals surface area contributed by atoms with Crippen LogP contribution in [0.3, 0.4) is 0 Å². The molecule has 4 nitrogen and oxygen atoms in total. The van der Waals surface area contributed by atoms with Gasteiger partial charge in [0.05, 0.1) is 11.4 Å². The zero-order valence-electron chi connectivity index (χ0n) is 16.0. The highest BCUT2D eigenvalue weighted by Gasteiger charge is 2.36. The topological polar surface area (TPSA) is 54.5 Å². The summed E-state index contributed by atoms with van der Waals surface area (Å²) < 4.78 is 0.